The van der Waals surface area contributed by atoms with E-state index in [9.17, 15) is 8.42 Å². The van der Waals surface area contributed by atoms with E-state index in [2.05, 4.69) is 0 Å². The molecule has 0 saturated heterocycles. The molecule has 2 rings (SSSR count). The van der Waals surface area contributed by atoms with E-state index >= 15 is 0 Å². The first-order valence-corrected chi connectivity index (χ1v) is 9.05. The van der Waals surface area contributed by atoms with E-state index in [1.807, 2.05) is 45.0 Å². The van der Waals surface area contributed by atoms with Gasteiger partial charge in [-0.1, -0.05) is 18.2 Å². The van der Waals surface area contributed by atoms with Crippen molar-refractivity contribution in [3.63, 3.8) is 0 Å². The van der Waals surface area contributed by atoms with Crippen molar-refractivity contribution in [2.75, 3.05) is 10.8 Å². The molecule has 1 heterocycles. The quantitative estimate of drug-likeness (QED) is 0.919. The second-order valence-electron chi connectivity index (χ2n) is 4.79. The second kappa shape index (κ2) is 6.17. The summed E-state index contributed by atoms with van der Waals surface area (Å²) in [4.78, 5) is 2.02. The zero-order valence-corrected chi connectivity index (χ0v) is 14.1. The summed E-state index contributed by atoms with van der Waals surface area (Å²) in [6.07, 6.45) is 0. The number of rotatable bonds is 5. The van der Waals surface area contributed by atoms with Crippen LogP contribution in [0.25, 0.3) is 0 Å². The molecule has 114 valence electrons. The lowest BCUT2D eigenvalue weighted by Gasteiger charge is -2.24. The minimum absolute atomic E-state index is 0.359. The summed E-state index contributed by atoms with van der Waals surface area (Å²) in [5.74, 6) is 0. The van der Waals surface area contributed by atoms with Crippen LogP contribution in [0.1, 0.15) is 22.2 Å². The fraction of sp³-hybridized carbons (Fsp3) is 0.333. The van der Waals surface area contributed by atoms with Crippen molar-refractivity contribution in [2.24, 2.45) is 5.73 Å². The maximum atomic E-state index is 13.0. The standard InChI is InChI=1S/C15H20N2O2S2/c1-4-17(14-8-6-5-7-11(14)2)21(18,19)15-9-13(10-16)20-12(15)3/h5-9H,4,10,16H2,1-3H3. The lowest BCUT2D eigenvalue weighted by Crippen LogP contribution is -2.31. The fourth-order valence-electron chi connectivity index (χ4n) is 2.31. The molecule has 0 radical (unpaired) electrons. The predicted octanol–water partition coefficient (Wildman–Crippen LogP) is 3.04. The van der Waals surface area contributed by atoms with Crippen LogP contribution < -0.4 is 10.0 Å². The Hall–Kier alpha value is -1.37. The third kappa shape index (κ3) is 2.97. The van der Waals surface area contributed by atoms with Gasteiger partial charge in [-0.15, -0.1) is 11.3 Å². The van der Waals surface area contributed by atoms with Gasteiger partial charge in [-0.25, -0.2) is 8.42 Å². The summed E-state index contributed by atoms with van der Waals surface area (Å²) in [6, 6.07) is 9.20. The van der Waals surface area contributed by atoms with Gasteiger partial charge in [0.25, 0.3) is 10.0 Å². The highest BCUT2D eigenvalue weighted by Crippen LogP contribution is 2.31. The van der Waals surface area contributed by atoms with Crippen molar-refractivity contribution in [1.82, 2.24) is 0 Å². The van der Waals surface area contributed by atoms with E-state index in [1.54, 1.807) is 6.07 Å². The maximum Gasteiger partial charge on any atom is 0.265 e. The van der Waals surface area contributed by atoms with Crippen LogP contribution >= 0.6 is 11.3 Å². The largest absolute Gasteiger partial charge is 0.326 e. The van der Waals surface area contributed by atoms with Gasteiger partial charge < -0.3 is 5.73 Å². The zero-order valence-electron chi connectivity index (χ0n) is 12.5. The number of aryl methyl sites for hydroxylation is 2. The topological polar surface area (TPSA) is 63.4 Å². The van der Waals surface area contributed by atoms with Gasteiger partial charge in [-0.05, 0) is 38.5 Å². The molecule has 1 aromatic heterocycles. The Kier molecular flexibility index (Phi) is 4.70. The number of sulfonamides is 1. The smallest absolute Gasteiger partial charge is 0.265 e. The number of nitrogens with zero attached hydrogens (tertiary/aromatic N) is 1. The SMILES string of the molecule is CCN(c1ccccc1C)S(=O)(=O)c1cc(CN)sc1C. The first-order chi connectivity index (χ1) is 9.91. The van der Waals surface area contributed by atoms with Crippen molar-refractivity contribution < 1.29 is 8.42 Å². The molecule has 0 atom stereocenters. The van der Waals surface area contributed by atoms with Crippen LogP contribution in [0.3, 0.4) is 0 Å². The van der Waals surface area contributed by atoms with E-state index < -0.39 is 10.0 Å². The highest BCUT2D eigenvalue weighted by molar-refractivity contribution is 7.93. The van der Waals surface area contributed by atoms with Crippen molar-refractivity contribution in [1.29, 1.82) is 0 Å². The highest BCUT2D eigenvalue weighted by atomic mass is 32.2. The van der Waals surface area contributed by atoms with Gasteiger partial charge in [0, 0.05) is 22.8 Å². The number of para-hydroxylation sites is 1. The molecule has 0 fully saturated rings. The molecule has 0 saturated carbocycles. The first-order valence-electron chi connectivity index (χ1n) is 6.79. The Balaban J connectivity index is 2.55. The van der Waals surface area contributed by atoms with Crippen LogP contribution in [-0.2, 0) is 16.6 Å². The molecule has 0 amide bonds. The average Bonchev–Trinajstić information content (AvgIpc) is 2.83. The van der Waals surface area contributed by atoms with Crippen LogP contribution in [-0.4, -0.2) is 15.0 Å². The predicted molar refractivity (Wildman–Crippen MR) is 88.3 cm³/mol. The minimum atomic E-state index is -3.56. The van der Waals surface area contributed by atoms with Crippen LogP contribution in [0.2, 0.25) is 0 Å². The summed E-state index contributed by atoms with van der Waals surface area (Å²) in [5.41, 5.74) is 7.28. The third-order valence-corrected chi connectivity index (χ3v) is 6.58. The molecule has 0 spiro atoms. The molecule has 6 heteroatoms. The van der Waals surface area contributed by atoms with E-state index in [1.165, 1.54) is 15.6 Å². The Morgan fingerprint density at radius 3 is 2.43 bits per heavy atom. The monoisotopic (exact) mass is 324 g/mol. The maximum absolute atomic E-state index is 13.0. The number of benzene rings is 1. The minimum Gasteiger partial charge on any atom is -0.326 e. The number of thiophene rings is 1. The summed E-state index contributed by atoms with van der Waals surface area (Å²) < 4.78 is 27.4. The molecule has 0 unspecified atom stereocenters. The molecule has 21 heavy (non-hydrogen) atoms. The van der Waals surface area contributed by atoms with Gasteiger partial charge >= 0.3 is 0 Å². The van der Waals surface area contributed by atoms with Crippen LogP contribution in [0.15, 0.2) is 35.2 Å². The summed E-state index contributed by atoms with van der Waals surface area (Å²) in [6.45, 7) is 6.33. The number of hydrogen-bond donors (Lipinski definition) is 1. The van der Waals surface area contributed by atoms with Crippen molar-refractivity contribution in [2.45, 2.75) is 32.2 Å². The van der Waals surface area contributed by atoms with Gasteiger partial charge in [-0.3, -0.25) is 4.31 Å². The molecule has 2 aromatic rings. The Bertz CT molecular complexity index is 736. The average molecular weight is 324 g/mol. The van der Waals surface area contributed by atoms with Crippen LogP contribution in [0.4, 0.5) is 5.69 Å². The number of nitrogens with two attached hydrogens (primary N) is 1. The summed E-state index contributed by atoms with van der Waals surface area (Å²) in [5, 5.41) is 0. The van der Waals surface area contributed by atoms with E-state index in [-0.39, 0.29) is 0 Å². The second-order valence-corrected chi connectivity index (χ2v) is 7.97. The fourth-order valence-corrected chi connectivity index (χ4v) is 5.34. The van der Waals surface area contributed by atoms with Gasteiger partial charge in [-0.2, -0.15) is 0 Å². The summed E-state index contributed by atoms with van der Waals surface area (Å²) >= 11 is 1.44. The molecule has 1 aromatic carbocycles. The molecule has 0 bridgehead atoms. The van der Waals surface area contributed by atoms with Crippen LogP contribution in [0.5, 0.6) is 0 Å². The zero-order chi connectivity index (χ0) is 15.6. The van der Waals surface area contributed by atoms with Crippen LogP contribution in [0, 0.1) is 13.8 Å². The third-order valence-electron chi connectivity index (χ3n) is 3.36. The molecule has 2 N–H and O–H groups in total. The molecule has 4 nitrogen and oxygen atoms in total. The summed E-state index contributed by atoms with van der Waals surface area (Å²) in [7, 11) is -3.56. The van der Waals surface area contributed by atoms with E-state index in [0.717, 1.165) is 21.0 Å². The highest BCUT2D eigenvalue weighted by Gasteiger charge is 2.27. The lowest BCUT2D eigenvalue weighted by molar-refractivity contribution is 0.591. The lowest BCUT2D eigenvalue weighted by atomic mass is 10.2. The Morgan fingerprint density at radius 2 is 1.90 bits per heavy atom. The molecule has 0 aliphatic carbocycles. The van der Waals surface area contributed by atoms with Gasteiger partial charge in [0.15, 0.2) is 0 Å². The molecular weight excluding hydrogens is 304 g/mol. The molecule has 0 aliphatic rings. The van der Waals surface area contributed by atoms with Gasteiger partial charge in [0.1, 0.15) is 4.90 Å². The van der Waals surface area contributed by atoms with E-state index in [4.69, 9.17) is 5.73 Å². The number of hydrogen-bond acceptors (Lipinski definition) is 4. The Labute approximate surface area is 130 Å². The van der Waals surface area contributed by atoms with Gasteiger partial charge in [0.2, 0.25) is 0 Å². The van der Waals surface area contributed by atoms with Crippen molar-refractivity contribution >= 4 is 27.0 Å². The molecule has 0 aliphatic heterocycles. The van der Waals surface area contributed by atoms with Gasteiger partial charge in [0.05, 0.1) is 5.69 Å². The van der Waals surface area contributed by atoms with E-state index in [0.29, 0.717) is 18.0 Å². The normalized spacial score (nSPS) is 11.6. The number of anilines is 1. The van der Waals surface area contributed by atoms with Crippen molar-refractivity contribution in [3.05, 3.63) is 45.6 Å². The molecular formula is C15H20N2O2S2. The first kappa shape index (κ1) is 16.0. The van der Waals surface area contributed by atoms with Crippen molar-refractivity contribution in [3.8, 4) is 0 Å². The Morgan fingerprint density at radius 1 is 1.24 bits per heavy atom.